The molecule has 0 unspecified atom stereocenters. The molecule has 49 heavy (non-hydrogen) atoms. The molecular weight excluding hydrogens is 615 g/mol. The Balaban J connectivity index is 1.15. The molecule has 2 nitrogen and oxygen atoms in total. The summed E-state index contributed by atoms with van der Waals surface area (Å²) >= 11 is 1.84. The zero-order valence-electron chi connectivity index (χ0n) is 27.4. The van der Waals surface area contributed by atoms with Crippen LogP contribution < -0.4 is 9.64 Å². The van der Waals surface area contributed by atoms with E-state index < -0.39 is 5.41 Å². The Morgan fingerprint density at radius 3 is 1.57 bits per heavy atom. The number of anilines is 3. The molecule has 3 aliphatic rings. The maximum atomic E-state index is 6.58. The zero-order valence-corrected chi connectivity index (χ0v) is 28.2. The highest BCUT2D eigenvalue weighted by molar-refractivity contribution is 7.99. The number of nitrogens with zero attached hydrogens (tertiary/aromatic N) is 1. The lowest BCUT2D eigenvalue weighted by atomic mass is 9.53. The normalized spacial score (nSPS) is 15.5. The van der Waals surface area contributed by atoms with E-state index in [4.69, 9.17) is 4.74 Å². The standard InChI is InChI=1S/C46H33NOS/c1-45(2)33-13-3-4-14-34(33)46(36-15-5-9-19-41(36)48-42-20-10-6-16-37(42)46)35-28-25-31(29-38(35)45)30-23-26-32(27-24-30)47-39-17-7-11-21-43(39)49-44-22-12-8-18-40(44)47/h3-29H,1-2H3. The summed E-state index contributed by atoms with van der Waals surface area (Å²) in [4.78, 5) is 4.93. The summed E-state index contributed by atoms with van der Waals surface area (Å²) in [5, 5.41) is 0. The molecule has 0 N–H and O–H groups in total. The molecule has 0 fully saturated rings. The third kappa shape index (κ3) is 3.97. The topological polar surface area (TPSA) is 12.5 Å². The SMILES string of the molecule is CC1(C)c2ccccc2C2(c3ccccc3Oc3ccccc32)c2ccc(-c3ccc(N4c5ccccc5Sc5ccccc54)cc3)cc21. The molecule has 2 aliphatic heterocycles. The molecule has 3 heteroatoms. The molecule has 0 aromatic heterocycles. The van der Waals surface area contributed by atoms with Crippen molar-refractivity contribution in [2.45, 2.75) is 34.5 Å². The molecule has 0 bridgehead atoms. The second-order valence-corrected chi connectivity index (χ2v) is 14.8. The van der Waals surface area contributed by atoms with Crippen LogP contribution in [0.5, 0.6) is 11.5 Å². The monoisotopic (exact) mass is 647 g/mol. The van der Waals surface area contributed by atoms with Crippen LogP contribution >= 0.6 is 11.8 Å². The molecule has 7 aromatic rings. The summed E-state index contributed by atoms with van der Waals surface area (Å²) < 4.78 is 6.58. The maximum Gasteiger partial charge on any atom is 0.132 e. The van der Waals surface area contributed by atoms with Crippen molar-refractivity contribution in [3.8, 4) is 22.6 Å². The average Bonchev–Trinajstić information content (AvgIpc) is 3.15. The molecule has 0 radical (unpaired) electrons. The van der Waals surface area contributed by atoms with E-state index >= 15 is 0 Å². The number of hydrogen-bond donors (Lipinski definition) is 0. The molecule has 0 amide bonds. The van der Waals surface area contributed by atoms with E-state index in [1.165, 1.54) is 65.7 Å². The number of hydrogen-bond acceptors (Lipinski definition) is 3. The van der Waals surface area contributed by atoms with Gasteiger partial charge in [-0.05, 0) is 88.0 Å². The van der Waals surface area contributed by atoms with Crippen LogP contribution in [0.1, 0.15) is 47.2 Å². The highest BCUT2D eigenvalue weighted by Gasteiger charge is 2.52. The van der Waals surface area contributed by atoms with Gasteiger partial charge >= 0.3 is 0 Å². The molecule has 2 heterocycles. The Bertz CT molecular complexity index is 2350. The number of ether oxygens (including phenoxy) is 1. The van der Waals surface area contributed by atoms with Crippen LogP contribution in [0.3, 0.4) is 0 Å². The van der Waals surface area contributed by atoms with Crippen molar-refractivity contribution in [1.82, 2.24) is 0 Å². The van der Waals surface area contributed by atoms with Gasteiger partial charge < -0.3 is 9.64 Å². The quantitative estimate of drug-likeness (QED) is 0.185. The van der Waals surface area contributed by atoms with E-state index in [1.807, 2.05) is 11.8 Å². The van der Waals surface area contributed by atoms with Gasteiger partial charge in [-0.15, -0.1) is 0 Å². The second kappa shape index (κ2) is 10.5. The van der Waals surface area contributed by atoms with Crippen LogP contribution in [0.4, 0.5) is 17.1 Å². The fourth-order valence-electron chi connectivity index (χ4n) is 8.57. The summed E-state index contributed by atoms with van der Waals surface area (Å²) in [5.74, 6) is 1.83. The van der Waals surface area contributed by atoms with Crippen molar-refractivity contribution in [3.05, 3.63) is 197 Å². The first-order chi connectivity index (χ1) is 24.0. The molecular formula is C46H33NOS. The van der Waals surface area contributed by atoms with Crippen LogP contribution in [0.15, 0.2) is 174 Å². The van der Waals surface area contributed by atoms with E-state index in [-0.39, 0.29) is 5.41 Å². The van der Waals surface area contributed by atoms with E-state index in [0.29, 0.717) is 0 Å². The van der Waals surface area contributed by atoms with Crippen molar-refractivity contribution in [1.29, 1.82) is 0 Å². The number of rotatable bonds is 2. The molecule has 0 saturated heterocycles. The van der Waals surface area contributed by atoms with Gasteiger partial charge in [0.2, 0.25) is 0 Å². The van der Waals surface area contributed by atoms with Gasteiger partial charge in [0.05, 0.1) is 16.8 Å². The first-order valence-electron chi connectivity index (χ1n) is 16.9. The summed E-state index contributed by atoms with van der Waals surface area (Å²) in [6, 6.07) is 59.9. The third-order valence-corrected chi connectivity index (χ3v) is 11.9. The first-order valence-corrected chi connectivity index (χ1v) is 17.7. The third-order valence-electron chi connectivity index (χ3n) is 10.8. The smallest absolute Gasteiger partial charge is 0.132 e. The lowest BCUT2D eigenvalue weighted by Gasteiger charge is -2.50. The summed E-state index contributed by atoms with van der Waals surface area (Å²) in [6.07, 6.45) is 0. The fourth-order valence-corrected chi connectivity index (χ4v) is 9.63. The molecule has 1 spiro atoms. The van der Waals surface area contributed by atoms with Gasteiger partial charge in [-0.3, -0.25) is 0 Å². The van der Waals surface area contributed by atoms with Gasteiger partial charge in [0, 0.05) is 32.0 Å². The Hall–Kier alpha value is -5.51. The van der Waals surface area contributed by atoms with Crippen molar-refractivity contribution < 1.29 is 4.74 Å². The lowest BCUT2D eigenvalue weighted by molar-refractivity contribution is 0.425. The Morgan fingerprint density at radius 1 is 0.449 bits per heavy atom. The van der Waals surface area contributed by atoms with Gasteiger partial charge in [0.15, 0.2) is 0 Å². The molecule has 1 aliphatic carbocycles. The summed E-state index contributed by atoms with van der Waals surface area (Å²) in [6.45, 7) is 4.76. The van der Waals surface area contributed by atoms with E-state index in [2.05, 4.69) is 183 Å². The Labute approximate surface area is 291 Å². The Morgan fingerprint density at radius 2 is 0.939 bits per heavy atom. The minimum atomic E-state index is -0.498. The lowest BCUT2D eigenvalue weighted by Crippen LogP contribution is -2.43. The largest absolute Gasteiger partial charge is 0.457 e. The molecule has 0 atom stereocenters. The van der Waals surface area contributed by atoms with E-state index in [1.54, 1.807) is 0 Å². The number of fused-ring (bicyclic) bond motifs is 10. The highest BCUT2D eigenvalue weighted by Crippen LogP contribution is 2.61. The van der Waals surface area contributed by atoms with Gasteiger partial charge in [-0.1, -0.05) is 135 Å². The van der Waals surface area contributed by atoms with Gasteiger partial charge in [0.1, 0.15) is 11.5 Å². The first kappa shape index (κ1) is 28.5. The minimum Gasteiger partial charge on any atom is -0.457 e. The maximum absolute atomic E-state index is 6.58. The predicted octanol–water partition coefficient (Wildman–Crippen LogP) is 12.4. The van der Waals surface area contributed by atoms with E-state index in [9.17, 15) is 0 Å². The van der Waals surface area contributed by atoms with Crippen molar-refractivity contribution in [2.75, 3.05) is 4.90 Å². The number of benzene rings is 7. The van der Waals surface area contributed by atoms with Crippen LogP contribution in [0, 0.1) is 0 Å². The zero-order chi connectivity index (χ0) is 32.7. The summed E-state index contributed by atoms with van der Waals surface area (Å²) in [5.41, 5.74) is 13.0. The molecule has 0 saturated carbocycles. The fraction of sp³-hybridized carbons (Fsp3) is 0.0870. The highest BCUT2D eigenvalue weighted by atomic mass is 32.2. The molecule has 7 aromatic carbocycles. The minimum absolute atomic E-state index is 0.214. The van der Waals surface area contributed by atoms with Crippen LogP contribution in [0.25, 0.3) is 11.1 Å². The van der Waals surface area contributed by atoms with Gasteiger partial charge in [-0.2, -0.15) is 0 Å². The predicted molar refractivity (Wildman–Crippen MR) is 201 cm³/mol. The Kier molecular flexibility index (Phi) is 6.10. The average molecular weight is 648 g/mol. The molecule has 234 valence electrons. The van der Waals surface area contributed by atoms with Gasteiger partial charge in [0.25, 0.3) is 0 Å². The van der Waals surface area contributed by atoms with Crippen molar-refractivity contribution in [2.24, 2.45) is 0 Å². The van der Waals surface area contributed by atoms with Gasteiger partial charge in [-0.25, -0.2) is 0 Å². The van der Waals surface area contributed by atoms with Crippen LogP contribution in [-0.2, 0) is 10.8 Å². The second-order valence-electron chi connectivity index (χ2n) is 13.7. The van der Waals surface area contributed by atoms with Crippen molar-refractivity contribution >= 4 is 28.8 Å². The number of para-hydroxylation sites is 4. The van der Waals surface area contributed by atoms with Crippen molar-refractivity contribution in [3.63, 3.8) is 0 Å². The molecule has 10 rings (SSSR count). The van der Waals surface area contributed by atoms with E-state index in [0.717, 1.165) is 17.2 Å². The van der Waals surface area contributed by atoms with Crippen LogP contribution in [-0.4, -0.2) is 0 Å². The van der Waals surface area contributed by atoms with Crippen LogP contribution in [0.2, 0.25) is 0 Å². The summed E-state index contributed by atoms with van der Waals surface area (Å²) in [7, 11) is 0.